The van der Waals surface area contributed by atoms with Gasteiger partial charge in [-0.05, 0) is 6.08 Å². The van der Waals surface area contributed by atoms with Crippen molar-refractivity contribution in [2.24, 2.45) is 5.73 Å². The Kier molecular flexibility index (Phi) is 4.07. The van der Waals surface area contributed by atoms with Crippen LogP contribution in [0.15, 0.2) is 11.8 Å². The minimum absolute atomic E-state index is 0.175. The smallest absolute Gasteiger partial charge is 0.370 e. The van der Waals surface area contributed by atoms with Gasteiger partial charge >= 0.3 is 5.97 Å². The number of aliphatic hydroxyl groups is 2. The fraction of sp³-hybridized carbons (Fsp3) is 0.667. The van der Waals surface area contributed by atoms with Crippen LogP contribution in [0.5, 0.6) is 0 Å². The van der Waals surface area contributed by atoms with Crippen molar-refractivity contribution in [3.8, 4) is 0 Å². The van der Waals surface area contributed by atoms with E-state index in [0.29, 0.717) is 6.42 Å². The molecule has 0 fully saturated rings. The fourth-order valence-corrected chi connectivity index (χ4v) is 1.48. The van der Waals surface area contributed by atoms with Gasteiger partial charge in [0.1, 0.15) is 6.10 Å². The summed E-state index contributed by atoms with van der Waals surface area (Å²) in [6.07, 6.45) is 0.584. The molecule has 1 heterocycles. The maximum atomic E-state index is 10.6. The molecule has 0 aliphatic carbocycles. The van der Waals surface area contributed by atoms with Crippen LogP contribution in [-0.2, 0) is 9.53 Å². The molecule has 0 saturated carbocycles. The van der Waals surface area contributed by atoms with E-state index >= 15 is 0 Å². The Balaban J connectivity index is 2.58. The predicted octanol–water partition coefficient (Wildman–Crippen LogP) is -1.19. The second-order valence-corrected chi connectivity index (χ2v) is 3.55. The molecule has 0 saturated heterocycles. The summed E-state index contributed by atoms with van der Waals surface area (Å²) < 4.78 is 5.10. The highest BCUT2D eigenvalue weighted by Gasteiger charge is 2.26. The Labute approximate surface area is 87.0 Å². The Morgan fingerprint density at radius 3 is 2.93 bits per heavy atom. The number of rotatable bonds is 4. The quantitative estimate of drug-likeness (QED) is 0.471. The van der Waals surface area contributed by atoms with Crippen molar-refractivity contribution in [1.29, 1.82) is 0 Å². The number of carboxylic acids is 1. The third kappa shape index (κ3) is 3.50. The summed E-state index contributed by atoms with van der Waals surface area (Å²) in [5.74, 6) is -1.36. The molecule has 15 heavy (non-hydrogen) atoms. The van der Waals surface area contributed by atoms with E-state index in [1.807, 2.05) is 0 Å². The topological polar surface area (TPSA) is 113 Å². The van der Waals surface area contributed by atoms with Gasteiger partial charge in [-0.3, -0.25) is 0 Å². The molecule has 1 aliphatic rings. The van der Waals surface area contributed by atoms with Gasteiger partial charge in [0.05, 0.1) is 12.7 Å². The first-order valence-corrected chi connectivity index (χ1v) is 4.69. The number of hydrogen-bond acceptors (Lipinski definition) is 5. The standard InChI is InChI=1S/C9H15NO5/c10-5-1-7(3-6(12)4-11)15-8(2-5)9(13)14/h2,5-7,11-12H,1,3-4,10H2,(H,13,14)/t5-,6?,7?/m1/s1. The molecule has 0 bridgehead atoms. The Bertz CT molecular complexity index is 265. The van der Waals surface area contributed by atoms with Gasteiger partial charge in [0.2, 0.25) is 5.76 Å². The summed E-state index contributed by atoms with van der Waals surface area (Å²) in [7, 11) is 0. The van der Waals surface area contributed by atoms with E-state index < -0.39 is 18.2 Å². The average molecular weight is 217 g/mol. The van der Waals surface area contributed by atoms with E-state index in [-0.39, 0.29) is 24.8 Å². The van der Waals surface area contributed by atoms with Crippen molar-refractivity contribution in [3.05, 3.63) is 11.8 Å². The molecule has 86 valence electrons. The number of aliphatic carboxylic acids is 1. The van der Waals surface area contributed by atoms with Crippen molar-refractivity contribution in [1.82, 2.24) is 0 Å². The fourth-order valence-electron chi connectivity index (χ4n) is 1.48. The Hall–Kier alpha value is -1.11. The summed E-state index contributed by atoms with van der Waals surface area (Å²) in [5.41, 5.74) is 5.61. The maximum absolute atomic E-state index is 10.6. The normalized spacial score (nSPS) is 27.8. The van der Waals surface area contributed by atoms with Crippen LogP contribution in [0.2, 0.25) is 0 Å². The lowest BCUT2D eigenvalue weighted by molar-refractivity contribution is -0.138. The van der Waals surface area contributed by atoms with E-state index in [9.17, 15) is 9.90 Å². The maximum Gasteiger partial charge on any atom is 0.370 e. The van der Waals surface area contributed by atoms with Crippen LogP contribution in [0, 0.1) is 0 Å². The van der Waals surface area contributed by atoms with Gasteiger partial charge in [-0.15, -0.1) is 0 Å². The van der Waals surface area contributed by atoms with Crippen molar-refractivity contribution in [2.45, 2.75) is 31.1 Å². The van der Waals surface area contributed by atoms with Crippen molar-refractivity contribution in [2.75, 3.05) is 6.61 Å². The number of aliphatic hydroxyl groups excluding tert-OH is 2. The van der Waals surface area contributed by atoms with Gasteiger partial charge in [0.25, 0.3) is 0 Å². The molecule has 6 nitrogen and oxygen atoms in total. The largest absolute Gasteiger partial charge is 0.483 e. The van der Waals surface area contributed by atoms with Gasteiger partial charge in [-0.25, -0.2) is 4.79 Å². The summed E-state index contributed by atoms with van der Waals surface area (Å²) in [5, 5.41) is 26.5. The van der Waals surface area contributed by atoms with Gasteiger partial charge < -0.3 is 25.8 Å². The number of carboxylic acid groups (broad SMARTS) is 1. The lowest BCUT2D eigenvalue weighted by Crippen LogP contribution is -2.35. The van der Waals surface area contributed by atoms with E-state index in [4.69, 9.17) is 20.7 Å². The molecule has 0 spiro atoms. The van der Waals surface area contributed by atoms with Crippen LogP contribution in [0.1, 0.15) is 12.8 Å². The molecular weight excluding hydrogens is 202 g/mol. The summed E-state index contributed by atoms with van der Waals surface area (Å²) in [6.45, 7) is -0.374. The number of ether oxygens (including phenoxy) is 1. The van der Waals surface area contributed by atoms with Gasteiger partial charge in [-0.2, -0.15) is 0 Å². The Morgan fingerprint density at radius 2 is 2.40 bits per heavy atom. The molecule has 6 heteroatoms. The van der Waals surface area contributed by atoms with E-state index in [2.05, 4.69) is 0 Å². The van der Waals surface area contributed by atoms with Crippen LogP contribution < -0.4 is 5.73 Å². The van der Waals surface area contributed by atoms with E-state index in [0.717, 1.165) is 0 Å². The van der Waals surface area contributed by atoms with E-state index in [1.165, 1.54) is 6.08 Å². The van der Waals surface area contributed by atoms with Crippen molar-refractivity contribution >= 4 is 5.97 Å². The first-order chi connectivity index (χ1) is 7.02. The molecule has 3 atom stereocenters. The first kappa shape index (κ1) is 12.0. The molecule has 0 amide bonds. The van der Waals surface area contributed by atoms with Crippen LogP contribution in [0.25, 0.3) is 0 Å². The van der Waals surface area contributed by atoms with Crippen LogP contribution in [-0.4, -0.2) is 46.1 Å². The highest BCUT2D eigenvalue weighted by molar-refractivity contribution is 5.84. The minimum atomic E-state index is -1.17. The zero-order valence-corrected chi connectivity index (χ0v) is 8.17. The number of hydrogen-bond donors (Lipinski definition) is 4. The molecule has 0 aromatic heterocycles. The zero-order valence-electron chi connectivity index (χ0n) is 8.17. The molecule has 1 aliphatic heterocycles. The van der Waals surface area contributed by atoms with Crippen LogP contribution >= 0.6 is 0 Å². The SMILES string of the molecule is N[C@H]1C=C(C(=O)O)OC(CC(O)CO)C1. The average Bonchev–Trinajstić information content (AvgIpc) is 2.16. The molecular formula is C9H15NO5. The van der Waals surface area contributed by atoms with Crippen molar-refractivity contribution < 1.29 is 24.9 Å². The summed E-state index contributed by atoms with van der Waals surface area (Å²) in [6, 6.07) is -0.388. The van der Waals surface area contributed by atoms with Gasteiger partial charge in [0, 0.05) is 18.9 Å². The molecule has 0 aromatic carbocycles. The third-order valence-corrected chi connectivity index (χ3v) is 2.15. The third-order valence-electron chi connectivity index (χ3n) is 2.15. The highest BCUT2D eigenvalue weighted by atomic mass is 16.5. The second kappa shape index (κ2) is 5.11. The Morgan fingerprint density at radius 1 is 1.73 bits per heavy atom. The molecule has 0 aromatic rings. The van der Waals surface area contributed by atoms with Crippen molar-refractivity contribution in [3.63, 3.8) is 0 Å². The minimum Gasteiger partial charge on any atom is -0.483 e. The van der Waals surface area contributed by atoms with Crippen LogP contribution in [0.3, 0.4) is 0 Å². The van der Waals surface area contributed by atoms with Crippen LogP contribution in [0.4, 0.5) is 0 Å². The monoisotopic (exact) mass is 217 g/mol. The number of nitrogens with two attached hydrogens (primary N) is 1. The van der Waals surface area contributed by atoms with Gasteiger partial charge in [-0.1, -0.05) is 0 Å². The summed E-state index contributed by atoms with van der Waals surface area (Å²) >= 11 is 0. The molecule has 5 N–H and O–H groups in total. The first-order valence-electron chi connectivity index (χ1n) is 4.69. The lowest BCUT2D eigenvalue weighted by atomic mass is 10.0. The molecule has 2 unspecified atom stereocenters. The molecule has 1 rings (SSSR count). The highest BCUT2D eigenvalue weighted by Crippen LogP contribution is 2.20. The van der Waals surface area contributed by atoms with Gasteiger partial charge in [0.15, 0.2) is 0 Å². The lowest BCUT2D eigenvalue weighted by Gasteiger charge is -2.27. The summed E-state index contributed by atoms with van der Waals surface area (Å²) in [4.78, 5) is 10.6. The predicted molar refractivity (Wildman–Crippen MR) is 50.9 cm³/mol. The second-order valence-electron chi connectivity index (χ2n) is 3.55. The molecule has 0 radical (unpaired) electrons. The number of carbonyl (C=O) groups is 1. The zero-order chi connectivity index (χ0) is 11.4. The van der Waals surface area contributed by atoms with E-state index in [1.54, 1.807) is 0 Å².